The maximum Gasteiger partial charge on any atom is 0.306 e. The molecule has 0 saturated heterocycles. The fourth-order valence-corrected chi connectivity index (χ4v) is 9.40. The number of hydrogen-bond donors (Lipinski definition) is 0. The van der Waals surface area contributed by atoms with Crippen molar-refractivity contribution in [3.8, 4) is 0 Å². The van der Waals surface area contributed by atoms with E-state index in [9.17, 15) is 14.4 Å². The number of esters is 3. The smallest absolute Gasteiger partial charge is 0.306 e. The van der Waals surface area contributed by atoms with Gasteiger partial charge in [-0.15, -0.1) is 0 Å². The van der Waals surface area contributed by atoms with Crippen molar-refractivity contribution >= 4 is 17.9 Å². The van der Waals surface area contributed by atoms with E-state index in [0.29, 0.717) is 19.3 Å². The normalized spacial score (nSPS) is 12.0. The molecular formula is C61H118O6. The second-order valence-corrected chi connectivity index (χ2v) is 21.9. The van der Waals surface area contributed by atoms with Crippen LogP contribution >= 0.6 is 0 Å². The molecule has 0 spiro atoms. The van der Waals surface area contributed by atoms with Gasteiger partial charge in [0, 0.05) is 19.3 Å². The molecule has 0 amide bonds. The van der Waals surface area contributed by atoms with Crippen LogP contribution in [0.15, 0.2) is 0 Å². The molecule has 0 bridgehead atoms. The Morgan fingerprint density at radius 3 is 0.731 bits per heavy atom. The summed E-state index contributed by atoms with van der Waals surface area (Å²) in [5, 5.41) is 0. The third-order valence-electron chi connectivity index (χ3n) is 14.0. The zero-order valence-electron chi connectivity index (χ0n) is 46.0. The summed E-state index contributed by atoms with van der Waals surface area (Å²) in [6.45, 7) is 11.4. The molecule has 67 heavy (non-hydrogen) atoms. The largest absolute Gasteiger partial charge is 0.462 e. The molecule has 0 fully saturated rings. The highest BCUT2D eigenvalue weighted by Crippen LogP contribution is 2.18. The molecular weight excluding hydrogens is 829 g/mol. The van der Waals surface area contributed by atoms with Gasteiger partial charge in [0.05, 0.1) is 0 Å². The van der Waals surface area contributed by atoms with E-state index in [1.807, 2.05) is 0 Å². The lowest BCUT2D eigenvalue weighted by Crippen LogP contribution is -2.30. The van der Waals surface area contributed by atoms with Crippen LogP contribution < -0.4 is 0 Å². The maximum absolute atomic E-state index is 12.9. The van der Waals surface area contributed by atoms with Crippen molar-refractivity contribution in [2.45, 2.75) is 349 Å². The molecule has 6 heteroatoms. The van der Waals surface area contributed by atoms with Crippen LogP contribution in [-0.2, 0) is 28.6 Å². The first kappa shape index (κ1) is 65.4. The Balaban J connectivity index is 4.28. The average Bonchev–Trinajstić information content (AvgIpc) is 3.30. The molecule has 0 aromatic rings. The quantitative estimate of drug-likeness (QED) is 0.0343. The van der Waals surface area contributed by atoms with Crippen LogP contribution in [0.1, 0.15) is 343 Å². The van der Waals surface area contributed by atoms with Gasteiger partial charge in [0.25, 0.3) is 0 Å². The summed E-state index contributed by atoms with van der Waals surface area (Å²) >= 11 is 0. The van der Waals surface area contributed by atoms with Gasteiger partial charge in [0.15, 0.2) is 6.10 Å². The molecule has 0 aliphatic carbocycles. The number of unbranched alkanes of at least 4 members (excludes halogenated alkanes) is 40. The molecule has 0 N–H and O–H groups in total. The van der Waals surface area contributed by atoms with Gasteiger partial charge < -0.3 is 14.2 Å². The van der Waals surface area contributed by atoms with Gasteiger partial charge in [-0.1, -0.05) is 304 Å². The second kappa shape index (κ2) is 53.8. The predicted octanol–water partition coefficient (Wildman–Crippen LogP) is 20.0. The molecule has 0 aromatic heterocycles. The van der Waals surface area contributed by atoms with Crippen LogP contribution in [0.2, 0.25) is 0 Å². The molecule has 0 aliphatic rings. The van der Waals surface area contributed by atoms with Gasteiger partial charge in [-0.2, -0.15) is 0 Å². The summed E-state index contributed by atoms with van der Waals surface area (Å²) < 4.78 is 16.9. The number of carbonyl (C=O) groups is 3. The standard InChI is InChI=1S/C61H118O6/c1-6-7-8-9-10-11-12-13-21-26-31-36-41-46-51-59(62)65-54-58(67-61(64)53-48-43-38-33-28-23-18-20-25-30-35-40-45-50-57(4)5)55-66-60(63)52-47-42-37-32-27-22-17-15-14-16-19-24-29-34-39-44-49-56(2)3/h56-58H,6-55H2,1-5H3/t58-/m1/s1. The van der Waals surface area contributed by atoms with E-state index in [2.05, 4.69) is 34.6 Å². The van der Waals surface area contributed by atoms with Gasteiger partial charge in [0.1, 0.15) is 13.2 Å². The van der Waals surface area contributed by atoms with Crippen molar-refractivity contribution in [2.75, 3.05) is 13.2 Å². The van der Waals surface area contributed by atoms with E-state index >= 15 is 0 Å². The van der Waals surface area contributed by atoms with Gasteiger partial charge in [-0.3, -0.25) is 14.4 Å². The summed E-state index contributed by atoms with van der Waals surface area (Å²) in [6.07, 6.45) is 58.1. The third kappa shape index (κ3) is 55.2. The van der Waals surface area contributed by atoms with E-state index < -0.39 is 6.10 Å². The van der Waals surface area contributed by atoms with Crippen LogP contribution in [0.4, 0.5) is 0 Å². The van der Waals surface area contributed by atoms with E-state index in [4.69, 9.17) is 14.2 Å². The Hall–Kier alpha value is -1.59. The Labute approximate surface area is 418 Å². The molecule has 0 aromatic carbocycles. The summed E-state index contributed by atoms with van der Waals surface area (Å²) in [5.74, 6) is 0.856. The molecule has 398 valence electrons. The summed E-state index contributed by atoms with van der Waals surface area (Å²) in [6, 6.07) is 0. The minimum Gasteiger partial charge on any atom is -0.462 e. The topological polar surface area (TPSA) is 78.9 Å². The van der Waals surface area contributed by atoms with E-state index in [0.717, 1.165) is 69.6 Å². The fourth-order valence-electron chi connectivity index (χ4n) is 9.40. The van der Waals surface area contributed by atoms with Crippen LogP contribution in [-0.4, -0.2) is 37.2 Å². The molecule has 6 nitrogen and oxygen atoms in total. The van der Waals surface area contributed by atoms with Gasteiger partial charge >= 0.3 is 17.9 Å². The summed E-state index contributed by atoms with van der Waals surface area (Å²) in [5.41, 5.74) is 0. The lowest BCUT2D eigenvalue weighted by molar-refractivity contribution is -0.167. The van der Waals surface area contributed by atoms with Crippen LogP contribution in [0, 0.1) is 11.8 Å². The molecule has 0 rings (SSSR count). The van der Waals surface area contributed by atoms with E-state index in [-0.39, 0.29) is 31.1 Å². The maximum atomic E-state index is 12.9. The first-order chi connectivity index (χ1) is 32.7. The Morgan fingerprint density at radius 2 is 0.493 bits per heavy atom. The minimum absolute atomic E-state index is 0.0622. The Kier molecular flexibility index (Phi) is 52.5. The number of rotatable bonds is 55. The highest BCUT2D eigenvalue weighted by Gasteiger charge is 2.19. The minimum atomic E-state index is -0.763. The molecule has 0 radical (unpaired) electrons. The second-order valence-electron chi connectivity index (χ2n) is 21.9. The van der Waals surface area contributed by atoms with Crippen molar-refractivity contribution in [1.82, 2.24) is 0 Å². The zero-order valence-corrected chi connectivity index (χ0v) is 46.0. The summed E-state index contributed by atoms with van der Waals surface area (Å²) in [7, 11) is 0. The van der Waals surface area contributed by atoms with Crippen LogP contribution in [0.3, 0.4) is 0 Å². The lowest BCUT2D eigenvalue weighted by Gasteiger charge is -2.18. The predicted molar refractivity (Wildman–Crippen MR) is 289 cm³/mol. The van der Waals surface area contributed by atoms with Crippen molar-refractivity contribution in [3.05, 3.63) is 0 Å². The number of carbonyl (C=O) groups excluding carboxylic acids is 3. The molecule has 0 unspecified atom stereocenters. The van der Waals surface area contributed by atoms with Crippen molar-refractivity contribution in [3.63, 3.8) is 0 Å². The Bertz CT molecular complexity index is 1020. The highest BCUT2D eigenvalue weighted by molar-refractivity contribution is 5.71. The van der Waals surface area contributed by atoms with Gasteiger partial charge in [-0.25, -0.2) is 0 Å². The van der Waals surface area contributed by atoms with E-state index in [1.165, 1.54) is 231 Å². The van der Waals surface area contributed by atoms with Gasteiger partial charge in [-0.05, 0) is 31.1 Å². The van der Waals surface area contributed by atoms with Crippen molar-refractivity contribution in [2.24, 2.45) is 11.8 Å². The summed E-state index contributed by atoms with van der Waals surface area (Å²) in [4.78, 5) is 38.2. The average molecular weight is 948 g/mol. The monoisotopic (exact) mass is 947 g/mol. The van der Waals surface area contributed by atoms with Crippen molar-refractivity contribution in [1.29, 1.82) is 0 Å². The first-order valence-electron chi connectivity index (χ1n) is 30.2. The third-order valence-corrected chi connectivity index (χ3v) is 14.0. The zero-order chi connectivity index (χ0) is 48.9. The first-order valence-corrected chi connectivity index (χ1v) is 30.2. The van der Waals surface area contributed by atoms with Crippen LogP contribution in [0.25, 0.3) is 0 Å². The van der Waals surface area contributed by atoms with Crippen LogP contribution in [0.5, 0.6) is 0 Å². The molecule has 0 saturated carbocycles. The fraction of sp³-hybridized carbons (Fsp3) is 0.951. The van der Waals surface area contributed by atoms with Gasteiger partial charge in [0.2, 0.25) is 0 Å². The number of ether oxygens (including phenoxy) is 3. The molecule has 0 heterocycles. The molecule has 1 atom stereocenters. The molecule has 0 aliphatic heterocycles. The highest BCUT2D eigenvalue weighted by atomic mass is 16.6. The number of hydrogen-bond acceptors (Lipinski definition) is 6. The SMILES string of the molecule is CCCCCCCCCCCCCCCCC(=O)OC[C@H](COC(=O)CCCCCCCCCCCCCCCCCCC(C)C)OC(=O)CCCCCCCCCCCCCCCC(C)C. The Morgan fingerprint density at radius 1 is 0.284 bits per heavy atom. The van der Waals surface area contributed by atoms with Crippen molar-refractivity contribution < 1.29 is 28.6 Å². The van der Waals surface area contributed by atoms with E-state index in [1.54, 1.807) is 0 Å². The lowest BCUT2D eigenvalue weighted by atomic mass is 10.0.